The molecule has 2 aromatic carbocycles. The quantitative estimate of drug-likeness (QED) is 0.458. The van der Waals surface area contributed by atoms with Gasteiger partial charge in [-0.25, -0.2) is 0 Å². The fraction of sp³-hybridized carbons (Fsp3) is 0.222. The monoisotopic (exact) mass is 409 g/mol. The van der Waals surface area contributed by atoms with Crippen molar-refractivity contribution in [2.24, 2.45) is 0 Å². The van der Waals surface area contributed by atoms with Crippen LogP contribution in [0, 0.1) is 10.1 Å². The van der Waals surface area contributed by atoms with Crippen molar-refractivity contribution in [2.45, 2.75) is 19.1 Å². The summed E-state index contributed by atoms with van der Waals surface area (Å²) in [7, 11) is 1.66. The predicted molar refractivity (Wildman–Crippen MR) is 101 cm³/mol. The molecular weight excluding hydrogens is 395 g/mol. The number of aromatic nitrogens is 1. The molecule has 6 nitrogen and oxygen atoms in total. The molecule has 1 aromatic heterocycles. The van der Waals surface area contributed by atoms with Crippen LogP contribution < -0.4 is 10.5 Å². The Morgan fingerprint density at radius 1 is 1.21 bits per heavy atom. The third-order valence-corrected chi connectivity index (χ3v) is 5.57. The number of alkyl halides is 3. The maximum absolute atomic E-state index is 13.0. The highest BCUT2D eigenvalue weighted by Crippen LogP contribution is 2.39. The van der Waals surface area contributed by atoms with Gasteiger partial charge in [0.15, 0.2) is 5.13 Å². The number of rotatable bonds is 4. The second-order valence-corrected chi connectivity index (χ2v) is 7.10. The molecular formula is C18H14F3N3O3S. The lowest BCUT2D eigenvalue weighted by atomic mass is 10.1. The van der Waals surface area contributed by atoms with E-state index in [-0.39, 0.29) is 15.9 Å². The highest BCUT2D eigenvalue weighted by Gasteiger charge is 2.34. The Balaban J connectivity index is 2.18. The summed E-state index contributed by atoms with van der Waals surface area (Å²) in [6.45, 7) is 1.86. The SMILES string of the molecule is CC(c1ccccc1)N(C)c1nc(=O)c2cc(C(F)(F)F)cc([N+](=O)[O-])c2s1. The predicted octanol–water partition coefficient (Wildman–Crippen LogP) is 4.78. The molecule has 3 aromatic rings. The minimum Gasteiger partial charge on any atom is -0.344 e. The molecule has 0 aliphatic carbocycles. The van der Waals surface area contributed by atoms with Gasteiger partial charge in [-0.3, -0.25) is 14.9 Å². The van der Waals surface area contributed by atoms with Crippen molar-refractivity contribution in [3.63, 3.8) is 0 Å². The van der Waals surface area contributed by atoms with Gasteiger partial charge in [0, 0.05) is 13.1 Å². The molecule has 10 heteroatoms. The van der Waals surface area contributed by atoms with Crippen molar-refractivity contribution < 1.29 is 18.1 Å². The van der Waals surface area contributed by atoms with E-state index in [1.165, 1.54) is 0 Å². The van der Waals surface area contributed by atoms with E-state index in [0.717, 1.165) is 16.9 Å². The Kier molecular flexibility index (Phi) is 5.07. The summed E-state index contributed by atoms with van der Waals surface area (Å²) < 4.78 is 39.0. The number of hydrogen-bond donors (Lipinski definition) is 0. The molecule has 1 heterocycles. The number of benzene rings is 2. The zero-order chi connectivity index (χ0) is 20.6. The third kappa shape index (κ3) is 3.68. The molecule has 0 saturated heterocycles. The molecule has 0 aliphatic rings. The largest absolute Gasteiger partial charge is 0.416 e. The Morgan fingerprint density at radius 2 is 1.86 bits per heavy atom. The van der Waals surface area contributed by atoms with E-state index >= 15 is 0 Å². The van der Waals surface area contributed by atoms with Crippen molar-refractivity contribution in [1.29, 1.82) is 0 Å². The van der Waals surface area contributed by atoms with E-state index in [9.17, 15) is 28.1 Å². The molecule has 0 N–H and O–H groups in total. The molecule has 0 bridgehead atoms. The van der Waals surface area contributed by atoms with E-state index < -0.39 is 33.3 Å². The van der Waals surface area contributed by atoms with Crippen LogP contribution >= 0.6 is 11.3 Å². The smallest absolute Gasteiger partial charge is 0.344 e. The molecule has 0 radical (unpaired) electrons. The summed E-state index contributed by atoms with van der Waals surface area (Å²) in [4.78, 5) is 28.4. The van der Waals surface area contributed by atoms with Crippen LogP contribution in [0.3, 0.4) is 0 Å². The van der Waals surface area contributed by atoms with E-state index in [1.54, 1.807) is 11.9 Å². The van der Waals surface area contributed by atoms with E-state index in [0.29, 0.717) is 12.1 Å². The van der Waals surface area contributed by atoms with Crippen molar-refractivity contribution >= 4 is 32.2 Å². The van der Waals surface area contributed by atoms with Gasteiger partial charge in [0.05, 0.1) is 21.9 Å². The molecule has 0 aliphatic heterocycles. The van der Waals surface area contributed by atoms with Crippen LogP contribution in [0.5, 0.6) is 0 Å². The summed E-state index contributed by atoms with van der Waals surface area (Å²) in [5.41, 5.74) is -2.04. The van der Waals surface area contributed by atoms with Gasteiger partial charge in [-0.15, -0.1) is 0 Å². The Morgan fingerprint density at radius 3 is 2.43 bits per heavy atom. The number of nitrogens with zero attached hydrogens (tertiary/aromatic N) is 3. The van der Waals surface area contributed by atoms with Crippen molar-refractivity contribution in [2.75, 3.05) is 11.9 Å². The summed E-state index contributed by atoms with van der Waals surface area (Å²) >= 11 is 0.812. The lowest BCUT2D eigenvalue weighted by Crippen LogP contribution is -2.24. The van der Waals surface area contributed by atoms with Crippen LogP contribution in [0.1, 0.15) is 24.1 Å². The van der Waals surface area contributed by atoms with Crippen molar-refractivity contribution in [3.8, 4) is 0 Å². The number of nitro benzene ring substituents is 1. The minimum absolute atomic E-state index is 0.139. The second-order valence-electron chi connectivity index (χ2n) is 6.13. The maximum atomic E-state index is 13.0. The van der Waals surface area contributed by atoms with Crippen LogP contribution in [-0.4, -0.2) is 17.0 Å². The van der Waals surface area contributed by atoms with Gasteiger partial charge in [-0.1, -0.05) is 41.7 Å². The number of fused-ring (bicyclic) bond motifs is 1. The Bertz CT molecular complexity index is 1100. The van der Waals surface area contributed by atoms with Gasteiger partial charge < -0.3 is 4.90 Å². The summed E-state index contributed by atoms with van der Waals surface area (Å²) in [5, 5.41) is 11.1. The van der Waals surface area contributed by atoms with Gasteiger partial charge in [0.1, 0.15) is 4.70 Å². The molecule has 0 spiro atoms. The average molecular weight is 409 g/mol. The molecule has 1 unspecified atom stereocenters. The van der Waals surface area contributed by atoms with Gasteiger partial charge in [-0.2, -0.15) is 18.2 Å². The van der Waals surface area contributed by atoms with Gasteiger partial charge in [0.25, 0.3) is 11.2 Å². The number of halogens is 3. The molecule has 0 fully saturated rings. The van der Waals surface area contributed by atoms with Gasteiger partial charge >= 0.3 is 6.18 Å². The van der Waals surface area contributed by atoms with Crippen LogP contribution in [0.2, 0.25) is 0 Å². The highest BCUT2D eigenvalue weighted by molar-refractivity contribution is 7.22. The topological polar surface area (TPSA) is 76.3 Å². The molecule has 28 heavy (non-hydrogen) atoms. The van der Waals surface area contributed by atoms with Gasteiger partial charge in [-0.05, 0) is 18.6 Å². The Hall–Kier alpha value is -3.01. The maximum Gasteiger partial charge on any atom is 0.416 e. The molecule has 0 amide bonds. The molecule has 0 saturated carbocycles. The normalized spacial score (nSPS) is 12.8. The first kappa shape index (κ1) is 19.7. The third-order valence-electron chi connectivity index (χ3n) is 4.38. The van der Waals surface area contributed by atoms with Crippen molar-refractivity contribution in [3.05, 3.63) is 74.1 Å². The fourth-order valence-electron chi connectivity index (χ4n) is 2.71. The first-order valence-corrected chi connectivity index (χ1v) is 8.89. The van der Waals surface area contributed by atoms with Crippen LogP contribution in [0.15, 0.2) is 47.3 Å². The van der Waals surface area contributed by atoms with E-state index in [1.807, 2.05) is 37.3 Å². The van der Waals surface area contributed by atoms with E-state index in [4.69, 9.17) is 0 Å². The lowest BCUT2D eigenvalue weighted by Gasteiger charge is -2.25. The second kappa shape index (κ2) is 7.19. The lowest BCUT2D eigenvalue weighted by molar-refractivity contribution is -0.383. The Labute approximate surface area is 161 Å². The highest BCUT2D eigenvalue weighted by atomic mass is 32.1. The number of anilines is 1. The van der Waals surface area contributed by atoms with Crippen molar-refractivity contribution in [1.82, 2.24) is 4.98 Å². The van der Waals surface area contributed by atoms with Crippen LogP contribution in [0.4, 0.5) is 24.0 Å². The van der Waals surface area contributed by atoms with Crippen LogP contribution in [-0.2, 0) is 6.18 Å². The average Bonchev–Trinajstić information content (AvgIpc) is 2.65. The van der Waals surface area contributed by atoms with Gasteiger partial charge in [0.2, 0.25) is 0 Å². The minimum atomic E-state index is -4.81. The molecule has 146 valence electrons. The molecule has 1 atom stereocenters. The summed E-state index contributed by atoms with van der Waals surface area (Å²) in [5.74, 6) is 0. The first-order valence-electron chi connectivity index (χ1n) is 8.08. The summed E-state index contributed by atoms with van der Waals surface area (Å²) in [6.07, 6.45) is -4.81. The standard InChI is InChI=1S/C18H14F3N3O3S/c1-10(11-6-4-3-5-7-11)23(2)17-22-16(25)13-8-12(18(19,20)21)9-14(24(26)27)15(13)28-17/h3-10H,1-2H3. The van der Waals surface area contributed by atoms with E-state index in [2.05, 4.69) is 4.98 Å². The number of hydrogen-bond acceptors (Lipinski definition) is 6. The first-order chi connectivity index (χ1) is 13.1. The van der Waals surface area contributed by atoms with Crippen LogP contribution in [0.25, 0.3) is 10.1 Å². The number of non-ortho nitro benzene ring substituents is 1. The number of nitro groups is 1. The summed E-state index contributed by atoms with van der Waals surface area (Å²) in [6, 6.07) is 10.1. The molecule has 3 rings (SSSR count). The zero-order valence-electron chi connectivity index (χ0n) is 14.7. The zero-order valence-corrected chi connectivity index (χ0v) is 15.5. The fourth-order valence-corrected chi connectivity index (χ4v) is 3.82.